The summed E-state index contributed by atoms with van der Waals surface area (Å²) < 4.78 is 156. The molecule has 176 valence electrons. The van der Waals surface area contributed by atoms with Crippen LogP contribution in [-0.4, -0.2) is 9.55 Å². The van der Waals surface area contributed by atoms with Crippen molar-refractivity contribution in [2.45, 2.75) is 13.2 Å². The Morgan fingerprint density at radius 2 is 1.35 bits per heavy atom. The second kappa shape index (κ2) is 8.76. The van der Waals surface area contributed by atoms with E-state index in [0.717, 1.165) is 4.57 Å². The number of imidazole rings is 1. The average Bonchev–Trinajstić information content (AvgIpc) is 3.54. The summed E-state index contributed by atoms with van der Waals surface area (Å²) in [4.78, 5) is 4.35. The first-order valence-electron chi connectivity index (χ1n) is 20.3. The molecule has 0 spiro atoms. The molecule has 7 aromatic rings. The van der Waals surface area contributed by atoms with E-state index in [2.05, 4.69) is 4.98 Å². The third kappa shape index (κ3) is 3.45. The largest absolute Gasteiger partial charge is 0.295 e. The van der Waals surface area contributed by atoms with Crippen LogP contribution in [0.3, 0.4) is 0 Å². The zero-order valence-corrected chi connectivity index (χ0v) is 19.0. The van der Waals surface area contributed by atoms with Crippen LogP contribution in [0.2, 0.25) is 0 Å². The number of benzene rings is 6. The lowest BCUT2D eigenvalue weighted by Gasteiger charge is -2.20. The van der Waals surface area contributed by atoms with Crippen molar-refractivity contribution in [1.82, 2.24) is 9.55 Å². The van der Waals surface area contributed by atoms with E-state index in [9.17, 15) is 5.48 Å². The summed E-state index contributed by atoms with van der Waals surface area (Å²) in [7, 11) is 0. The van der Waals surface area contributed by atoms with Gasteiger partial charge in [0.2, 0.25) is 0 Å². The number of aromatic nitrogens is 2. The van der Waals surface area contributed by atoms with Crippen LogP contribution in [0.15, 0.2) is 127 Å². The first-order chi connectivity index (χ1) is 25.6. The molecule has 0 fully saturated rings. The smallest absolute Gasteiger partial charge is 0.114 e. The summed E-state index contributed by atoms with van der Waals surface area (Å²) in [5.74, 6) is -0.716. The van der Waals surface area contributed by atoms with Crippen LogP contribution in [0.4, 0.5) is 0 Å². The van der Waals surface area contributed by atoms with Crippen LogP contribution < -0.4 is 0 Å². The summed E-state index contributed by atoms with van der Waals surface area (Å²) in [5, 5.41) is -1.26. The SMILES string of the molecule is [2H]c1c([2H])c([2H])c(-c2cccc(-c3c4c([2H])c([2H])c([2H])c([2H])c4c(-n4c(C([2H])([2H])C([2H])([2H])[2H])nc5ccccc54)c4c([2H])c([2H])c([2H])c([2H])c34)c2)c([2H])c1[2H]. The molecule has 7 rings (SSSR count). The van der Waals surface area contributed by atoms with Crippen molar-refractivity contribution in [3.63, 3.8) is 0 Å². The average molecular weight is 493 g/mol. The Labute approximate surface area is 241 Å². The highest BCUT2D eigenvalue weighted by Crippen LogP contribution is 2.42. The van der Waals surface area contributed by atoms with Crippen molar-refractivity contribution >= 4 is 32.6 Å². The maximum Gasteiger partial charge on any atom is 0.114 e. The van der Waals surface area contributed by atoms with Gasteiger partial charge in [-0.15, -0.1) is 0 Å². The topological polar surface area (TPSA) is 17.8 Å². The zero-order valence-electron chi connectivity index (χ0n) is 37.0. The number of nitrogens with zero attached hydrogens (tertiary/aromatic N) is 2. The standard InChI is InChI=1S/C35H26N2/c1-2-33-36-31-21-10-11-22-32(31)37(33)35-29-19-8-6-17-27(29)34(28-18-7-9-20-30(28)35)26-16-12-15-25(23-26)24-13-4-3-5-14-24/h3-23H,2H2,1H3/i1D3,2D2,3D,4D,5D,6D,7D,8D,9D,13D,14D,17D,18D,19D,20D. The molecule has 37 heavy (non-hydrogen) atoms. The first kappa shape index (κ1) is 9.99. The Kier molecular flexibility index (Phi) is 2.36. The van der Waals surface area contributed by atoms with E-state index >= 15 is 0 Å². The molecule has 0 bridgehead atoms. The molecule has 0 aliphatic heterocycles. The molecular formula is C35H26N2. The number of hydrogen-bond acceptors (Lipinski definition) is 1. The minimum absolute atomic E-state index is 0.0731. The highest BCUT2D eigenvalue weighted by atomic mass is 15.1. The third-order valence-corrected chi connectivity index (χ3v) is 6.18. The lowest BCUT2D eigenvalue weighted by Crippen LogP contribution is -2.03. The number of rotatable bonds is 4. The van der Waals surface area contributed by atoms with Crippen molar-refractivity contribution in [1.29, 1.82) is 0 Å². The maximum absolute atomic E-state index is 9.25. The Balaban J connectivity index is 1.80. The monoisotopic (exact) mass is 492 g/mol. The Morgan fingerprint density at radius 1 is 0.703 bits per heavy atom. The molecule has 2 heteroatoms. The maximum atomic E-state index is 9.25. The third-order valence-electron chi connectivity index (χ3n) is 6.18. The lowest BCUT2D eigenvalue weighted by molar-refractivity contribution is 0.917. The molecule has 0 aliphatic carbocycles. The van der Waals surface area contributed by atoms with Crippen molar-refractivity contribution in [3.8, 4) is 27.9 Å². The Bertz CT molecular complexity index is 2710. The number of para-hydroxylation sites is 2. The predicted octanol–water partition coefficient (Wildman–Crippen LogP) is 9.23. The van der Waals surface area contributed by atoms with Gasteiger partial charge in [0.1, 0.15) is 5.82 Å². The summed E-state index contributed by atoms with van der Waals surface area (Å²) >= 11 is 0. The first-order valence-corrected chi connectivity index (χ1v) is 11.3. The molecule has 0 atom stereocenters. The minimum atomic E-state index is -3.33. The summed E-state index contributed by atoms with van der Waals surface area (Å²) in [6.45, 7) is -3.33. The molecule has 0 saturated carbocycles. The van der Waals surface area contributed by atoms with Crippen LogP contribution in [-0.2, 0) is 6.37 Å². The molecule has 2 nitrogen and oxygen atoms in total. The van der Waals surface area contributed by atoms with E-state index in [1.54, 1.807) is 12.1 Å². The molecule has 0 amide bonds. The van der Waals surface area contributed by atoms with Crippen molar-refractivity contribution in [2.24, 2.45) is 0 Å². The molecule has 0 unspecified atom stereocenters. The second-order valence-corrected chi connectivity index (χ2v) is 8.19. The molecule has 0 N–H and O–H groups in total. The van der Waals surface area contributed by atoms with Gasteiger partial charge in [-0.3, -0.25) is 4.57 Å². The van der Waals surface area contributed by atoms with Gasteiger partial charge in [-0.05, 0) is 51.2 Å². The van der Waals surface area contributed by atoms with Gasteiger partial charge in [0, 0.05) is 24.0 Å². The molecule has 1 aromatic heterocycles. The molecule has 1 heterocycles. The zero-order chi connectivity index (χ0) is 40.4. The number of fused-ring (bicyclic) bond motifs is 3. The van der Waals surface area contributed by atoms with Gasteiger partial charge in [0.05, 0.1) is 34.5 Å². The van der Waals surface area contributed by atoms with Gasteiger partial charge in [-0.25, -0.2) is 4.98 Å². The van der Waals surface area contributed by atoms with Crippen LogP contribution >= 0.6 is 0 Å². The van der Waals surface area contributed by atoms with Gasteiger partial charge in [0.25, 0.3) is 0 Å². The lowest BCUT2D eigenvalue weighted by atomic mass is 9.89. The van der Waals surface area contributed by atoms with Gasteiger partial charge in [-0.2, -0.15) is 0 Å². The molecular weight excluding hydrogens is 448 g/mol. The summed E-state index contributed by atoms with van der Waals surface area (Å²) in [6, 6.07) is 3.30. The van der Waals surface area contributed by atoms with Crippen molar-refractivity contribution in [2.75, 3.05) is 0 Å². The molecule has 6 aromatic carbocycles. The van der Waals surface area contributed by atoms with Gasteiger partial charge in [0.15, 0.2) is 0 Å². The fourth-order valence-electron chi connectivity index (χ4n) is 4.68. The fraction of sp³-hybridized carbons (Fsp3) is 0.0571. The van der Waals surface area contributed by atoms with Crippen LogP contribution in [0, 0.1) is 0 Å². The second-order valence-electron chi connectivity index (χ2n) is 8.19. The number of hydrogen-bond donors (Lipinski definition) is 0. The normalized spacial score (nSPS) is 19.1. The summed E-state index contributed by atoms with van der Waals surface area (Å²) in [5.41, 5.74) is -0.362. The van der Waals surface area contributed by atoms with Crippen LogP contribution in [0.1, 0.15) is 37.3 Å². The van der Waals surface area contributed by atoms with E-state index in [-0.39, 0.29) is 60.5 Å². The van der Waals surface area contributed by atoms with E-state index < -0.39 is 97.6 Å². The predicted molar refractivity (Wildman–Crippen MR) is 156 cm³/mol. The van der Waals surface area contributed by atoms with E-state index in [4.69, 9.17) is 19.2 Å². The highest BCUT2D eigenvalue weighted by molar-refractivity contribution is 6.18. The molecule has 0 aliphatic rings. The fourth-order valence-corrected chi connectivity index (χ4v) is 4.68. The summed E-state index contributed by atoms with van der Waals surface area (Å²) in [6.07, 6.45) is -3.21. The highest BCUT2D eigenvalue weighted by Gasteiger charge is 2.20. The quantitative estimate of drug-likeness (QED) is 0.224. The number of aryl methyl sites for hydroxylation is 1. The van der Waals surface area contributed by atoms with E-state index in [1.165, 1.54) is 36.4 Å². The van der Waals surface area contributed by atoms with Crippen molar-refractivity contribution < 1.29 is 24.7 Å². The minimum Gasteiger partial charge on any atom is -0.295 e. The van der Waals surface area contributed by atoms with E-state index in [0.29, 0.717) is 0 Å². The Hall–Kier alpha value is -4.69. The van der Waals surface area contributed by atoms with E-state index in [1.807, 2.05) is 0 Å². The van der Waals surface area contributed by atoms with Crippen LogP contribution in [0.25, 0.3) is 60.5 Å². The molecule has 0 radical (unpaired) electrons. The van der Waals surface area contributed by atoms with Gasteiger partial charge in [-0.1, -0.05) is 116 Å². The Morgan fingerprint density at radius 3 is 2.08 bits per heavy atom. The van der Waals surface area contributed by atoms with Gasteiger partial charge >= 0.3 is 0 Å². The van der Waals surface area contributed by atoms with Crippen LogP contribution in [0.5, 0.6) is 0 Å². The van der Waals surface area contributed by atoms with Gasteiger partial charge < -0.3 is 0 Å². The van der Waals surface area contributed by atoms with Crippen molar-refractivity contribution in [3.05, 3.63) is 133 Å². The molecule has 0 saturated heterocycles.